The first kappa shape index (κ1) is 8.51. The first-order chi connectivity index (χ1) is 6.27. The third kappa shape index (κ3) is 1.65. The highest BCUT2D eigenvalue weighted by atomic mass is 79.9. The maximum absolute atomic E-state index is 4.10. The summed E-state index contributed by atoms with van der Waals surface area (Å²) in [7, 11) is 0. The molecule has 1 heterocycles. The number of aryl methyl sites for hydroxylation is 1. The second-order valence-corrected chi connectivity index (χ2v) is 3.61. The van der Waals surface area contributed by atoms with Crippen molar-refractivity contribution in [2.45, 2.75) is 6.92 Å². The van der Waals surface area contributed by atoms with E-state index in [0.717, 1.165) is 10.4 Å². The van der Waals surface area contributed by atoms with E-state index in [0.29, 0.717) is 0 Å². The Bertz CT molecular complexity index is 420. The Morgan fingerprint density at radius 1 is 1.38 bits per heavy atom. The lowest BCUT2D eigenvalue weighted by Gasteiger charge is -2.03. The van der Waals surface area contributed by atoms with E-state index in [1.807, 2.05) is 16.8 Å². The summed E-state index contributed by atoms with van der Waals surface area (Å²) in [6.45, 7) is 2.08. The minimum absolute atomic E-state index is 0.832. The van der Waals surface area contributed by atoms with E-state index in [2.05, 4.69) is 46.0 Å². The van der Waals surface area contributed by atoms with Gasteiger partial charge in [-0.25, -0.2) is 4.98 Å². The van der Waals surface area contributed by atoms with E-state index in [1.165, 1.54) is 5.56 Å². The summed E-state index contributed by atoms with van der Waals surface area (Å²) in [5.41, 5.74) is 2.38. The lowest BCUT2D eigenvalue weighted by atomic mass is 10.2. The zero-order valence-electron chi connectivity index (χ0n) is 7.24. The third-order valence-corrected chi connectivity index (χ3v) is 2.46. The van der Waals surface area contributed by atoms with E-state index >= 15 is 0 Å². The number of nitrogens with zero attached hydrogens (tertiary/aromatic N) is 2. The molecule has 1 aromatic heterocycles. The number of halogens is 1. The molecule has 0 saturated carbocycles. The van der Waals surface area contributed by atoms with Crippen LogP contribution in [0.25, 0.3) is 5.69 Å². The summed E-state index contributed by atoms with van der Waals surface area (Å²) in [4.78, 5) is 4.10. The molecule has 0 atom stereocenters. The van der Waals surface area contributed by atoms with Gasteiger partial charge >= 0.3 is 0 Å². The summed E-state index contributed by atoms with van der Waals surface area (Å²) in [5.74, 6) is 0. The Morgan fingerprint density at radius 3 is 2.85 bits per heavy atom. The molecule has 0 fully saturated rings. The Balaban J connectivity index is 2.53. The van der Waals surface area contributed by atoms with Crippen LogP contribution in [0, 0.1) is 6.92 Å². The average Bonchev–Trinajstić information content (AvgIpc) is 2.51. The van der Waals surface area contributed by atoms with Gasteiger partial charge in [-0.2, -0.15) is 0 Å². The van der Waals surface area contributed by atoms with E-state index < -0.39 is 0 Å². The maximum Gasteiger partial charge on any atom is 0.181 e. The molecule has 0 saturated heterocycles. The standard InChI is InChI=1S/C10H9BrN2/c1-8-3-2-4-9(7-8)13-6-5-12-10(13)11/h2-7H,1H3. The highest BCUT2D eigenvalue weighted by Crippen LogP contribution is 2.15. The zero-order valence-corrected chi connectivity index (χ0v) is 8.82. The molecule has 0 bridgehead atoms. The van der Waals surface area contributed by atoms with E-state index in [4.69, 9.17) is 0 Å². The number of imidazole rings is 1. The molecule has 3 heteroatoms. The van der Waals surface area contributed by atoms with Gasteiger partial charge in [0.05, 0.1) is 0 Å². The predicted molar refractivity (Wildman–Crippen MR) is 56.0 cm³/mol. The highest BCUT2D eigenvalue weighted by molar-refractivity contribution is 9.10. The van der Waals surface area contributed by atoms with Crippen LogP contribution in [0.1, 0.15) is 5.56 Å². The molecule has 0 amide bonds. The van der Waals surface area contributed by atoms with Gasteiger partial charge in [0.2, 0.25) is 0 Å². The second-order valence-electron chi connectivity index (χ2n) is 2.91. The summed E-state index contributed by atoms with van der Waals surface area (Å²) in [6.07, 6.45) is 3.70. The van der Waals surface area contributed by atoms with Crippen molar-refractivity contribution in [1.82, 2.24) is 9.55 Å². The van der Waals surface area contributed by atoms with E-state index in [1.54, 1.807) is 6.20 Å². The molecular weight excluding hydrogens is 228 g/mol. The normalized spacial score (nSPS) is 10.3. The molecule has 0 N–H and O–H groups in total. The van der Waals surface area contributed by atoms with Crippen LogP contribution in [0.4, 0.5) is 0 Å². The number of rotatable bonds is 1. The van der Waals surface area contributed by atoms with Gasteiger partial charge in [0, 0.05) is 18.1 Å². The molecule has 2 rings (SSSR count). The first-order valence-corrected chi connectivity index (χ1v) is 4.82. The van der Waals surface area contributed by atoms with Crippen molar-refractivity contribution in [2.75, 3.05) is 0 Å². The summed E-state index contributed by atoms with van der Waals surface area (Å²) in [6, 6.07) is 8.29. The topological polar surface area (TPSA) is 17.8 Å². The molecule has 2 nitrogen and oxygen atoms in total. The zero-order chi connectivity index (χ0) is 9.26. The molecule has 0 aliphatic rings. The Hall–Kier alpha value is -1.09. The SMILES string of the molecule is Cc1cccc(-n2ccnc2Br)c1. The van der Waals surface area contributed by atoms with Crippen LogP contribution in [0.5, 0.6) is 0 Å². The Morgan fingerprint density at radius 2 is 2.23 bits per heavy atom. The Labute approximate surface area is 85.4 Å². The fourth-order valence-corrected chi connectivity index (χ4v) is 1.70. The van der Waals surface area contributed by atoms with Gasteiger partial charge in [0.1, 0.15) is 0 Å². The van der Waals surface area contributed by atoms with Crippen LogP contribution in [0.15, 0.2) is 41.4 Å². The van der Waals surface area contributed by atoms with Crippen molar-refractivity contribution in [1.29, 1.82) is 0 Å². The second kappa shape index (κ2) is 3.34. The van der Waals surface area contributed by atoms with Gasteiger partial charge in [0.15, 0.2) is 4.73 Å². The van der Waals surface area contributed by atoms with Gasteiger partial charge in [0.25, 0.3) is 0 Å². The van der Waals surface area contributed by atoms with Crippen molar-refractivity contribution in [3.8, 4) is 5.69 Å². The monoisotopic (exact) mass is 236 g/mol. The van der Waals surface area contributed by atoms with Gasteiger partial charge in [-0.15, -0.1) is 0 Å². The molecule has 66 valence electrons. The van der Waals surface area contributed by atoms with Gasteiger partial charge in [-0.1, -0.05) is 12.1 Å². The number of hydrogen-bond donors (Lipinski definition) is 0. The lowest BCUT2D eigenvalue weighted by Crippen LogP contribution is -1.92. The van der Waals surface area contributed by atoms with Crippen LogP contribution >= 0.6 is 15.9 Å². The van der Waals surface area contributed by atoms with Crippen molar-refractivity contribution >= 4 is 15.9 Å². The molecule has 0 unspecified atom stereocenters. The fourth-order valence-electron chi connectivity index (χ4n) is 1.26. The molecule has 0 spiro atoms. The van der Waals surface area contributed by atoms with Gasteiger partial charge in [-0.05, 0) is 40.5 Å². The number of hydrogen-bond acceptors (Lipinski definition) is 1. The van der Waals surface area contributed by atoms with Crippen molar-refractivity contribution in [3.05, 3.63) is 47.0 Å². The van der Waals surface area contributed by atoms with Crippen LogP contribution in [-0.2, 0) is 0 Å². The molecule has 0 radical (unpaired) electrons. The molecule has 2 aromatic rings. The van der Waals surface area contributed by atoms with Crippen LogP contribution < -0.4 is 0 Å². The van der Waals surface area contributed by atoms with Crippen LogP contribution in [-0.4, -0.2) is 9.55 Å². The molecule has 0 aliphatic heterocycles. The average molecular weight is 237 g/mol. The van der Waals surface area contributed by atoms with Crippen molar-refractivity contribution in [3.63, 3.8) is 0 Å². The van der Waals surface area contributed by atoms with Crippen LogP contribution in [0.3, 0.4) is 0 Å². The van der Waals surface area contributed by atoms with Gasteiger partial charge in [-0.3, -0.25) is 4.57 Å². The van der Waals surface area contributed by atoms with E-state index in [-0.39, 0.29) is 0 Å². The van der Waals surface area contributed by atoms with Crippen molar-refractivity contribution in [2.24, 2.45) is 0 Å². The highest BCUT2D eigenvalue weighted by Gasteiger charge is 2.00. The molecule has 0 aliphatic carbocycles. The maximum atomic E-state index is 4.10. The predicted octanol–water partition coefficient (Wildman–Crippen LogP) is 2.94. The molecular formula is C10H9BrN2. The minimum atomic E-state index is 0.832. The molecule has 1 aromatic carbocycles. The summed E-state index contributed by atoms with van der Waals surface area (Å²) in [5, 5.41) is 0. The minimum Gasteiger partial charge on any atom is -0.294 e. The fraction of sp³-hybridized carbons (Fsp3) is 0.100. The first-order valence-electron chi connectivity index (χ1n) is 4.03. The summed E-state index contributed by atoms with van der Waals surface area (Å²) >= 11 is 3.38. The van der Waals surface area contributed by atoms with Crippen molar-refractivity contribution < 1.29 is 0 Å². The quantitative estimate of drug-likeness (QED) is 0.745. The third-order valence-electron chi connectivity index (χ3n) is 1.88. The lowest BCUT2D eigenvalue weighted by molar-refractivity contribution is 1.01. The van der Waals surface area contributed by atoms with E-state index in [9.17, 15) is 0 Å². The molecule has 13 heavy (non-hydrogen) atoms. The summed E-state index contributed by atoms with van der Waals surface area (Å²) < 4.78 is 2.82. The number of aromatic nitrogens is 2. The smallest absolute Gasteiger partial charge is 0.181 e. The Kier molecular flexibility index (Phi) is 2.19. The van der Waals surface area contributed by atoms with Gasteiger partial charge < -0.3 is 0 Å². The number of benzene rings is 1. The van der Waals surface area contributed by atoms with Crippen LogP contribution in [0.2, 0.25) is 0 Å². The largest absolute Gasteiger partial charge is 0.294 e.